The Balaban J connectivity index is 2.12. The zero-order valence-electron chi connectivity index (χ0n) is 12.2. The molecule has 1 amide bonds. The number of benzene rings is 1. The molecule has 1 aromatic carbocycles. The Bertz CT molecular complexity index is 469. The van der Waals surface area contributed by atoms with Gasteiger partial charge in [-0.1, -0.05) is 37.6 Å². The normalized spacial score (nSPS) is 23.6. The van der Waals surface area contributed by atoms with Gasteiger partial charge in [0.05, 0.1) is 11.5 Å². The first-order valence-electron chi connectivity index (χ1n) is 7.38. The summed E-state index contributed by atoms with van der Waals surface area (Å²) >= 11 is 6.04. The number of carbonyl (C=O) groups is 1. The van der Waals surface area contributed by atoms with E-state index in [4.69, 9.17) is 11.6 Å². The summed E-state index contributed by atoms with van der Waals surface area (Å²) in [5, 5.41) is 7.22. The fraction of sp³-hybridized carbons (Fsp3) is 0.562. The van der Waals surface area contributed by atoms with Gasteiger partial charge in [-0.2, -0.15) is 0 Å². The molecule has 0 saturated carbocycles. The van der Waals surface area contributed by atoms with Crippen LogP contribution in [0.1, 0.15) is 44.7 Å². The van der Waals surface area contributed by atoms with Crippen LogP contribution in [0, 0.1) is 5.41 Å². The molecular weight excluding hydrogens is 272 g/mol. The molecule has 0 aliphatic carbocycles. The maximum atomic E-state index is 12.6. The molecule has 3 nitrogen and oxygen atoms in total. The summed E-state index contributed by atoms with van der Waals surface area (Å²) in [4.78, 5) is 12.6. The van der Waals surface area contributed by atoms with Gasteiger partial charge < -0.3 is 10.6 Å². The van der Waals surface area contributed by atoms with Gasteiger partial charge in [0.25, 0.3) is 0 Å². The van der Waals surface area contributed by atoms with Crippen LogP contribution in [0.5, 0.6) is 0 Å². The van der Waals surface area contributed by atoms with E-state index in [2.05, 4.69) is 24.5 Å². The van der Waals surface area contributed by atoms with Gasteiger partial charge in [-0.3, -0.25) is 4.79 Å². The average Bonchev–Trinajstić information content (AvgIpc) is 2.94. The van der Waals surface area contributed by atoms with E-state index in [9.17, 15) is 4.79 Å². The quantitative estimate of drug-likeness (QED) is 0.875. The summed E-state index contributed by atoms with van der Waals surface area (Å²) in [6, 6.07) is 7.77. The molecule has 4 heteroatoms. The molecule has 1 saturated heterocycles. The minimum absolute atomic E-state index is 0.0326. The highest BCUT2D eigenvalue weighted by atomic mass is 35.5. The minimum atomic E-state index is -0.244. The van der Waals surface area contributed by atoms with Gasteiger partial charge in [0.15, 0.2) is 0 Å². The van der Waals surface area contributed by atoms with E-state index in [-0.39, 0.29) is 17.4 Å². The number of nitrogens with one attached hydrogen (secondary N) is 2. The van der Waals surface area contributed by atoms with Gasteiger partial charge in [-0.15, -0.1) is 0 Å². The third-order valence-electron chi connectivity index (χ3n) is 4.37. The van der Waals surface area contributed by atoms with Gasteiger partial charge in [-0.25, -0.2) is 0 Å². The monoisotopic (exact) mass is 294 g/mol. The zero-order valence-corrected chi connectivity index (χ0v) is 13.0. The van der Waals surface area contributed by atoms with Crippen LogP contribution in [-0.2, 0) is 4.79 Å². The van der Waals surface area contributed by atoms with Crippen molar-refractivity contribution < 1.29 is 4.79 Å². The highest BCUT2D eigenvalue weighted by Crippen LogP contribution is 2.31. The van der Waals surface area contributed by atoms with Crippen molar-refractivity contribution in [2.45, 2.75) is 39.2 Å². The molecule has 1 fully saturated rings. The van der Waals surface area contributed by atoms with Crippen molar-refractivity contribution in [3.8, 4) is 0 Å². The van der Waals surface area contributed by atoms with Crippen molar-refractivity contribution in [1.82, 2.24) is 10.6 Å². The van der Waals surface area contributed by atoms with Crippen molar-refractivity contribution in [3.63, 3.8) is 0 Å². The molecule has 0 aromatic heterocycles. The van der Waals surface area contributed by atoms with Crippen LogP contribution in [-0.4, -0.2) is 19.0 Å². The van der Waals surface area contributed by atoms with Crippen LogP contribution in [0.2, 0.25) is 5.02 Å². The molecule has 0 radical (unpaired) electrons. The Hall–Kier alpha value is -1.06. The number of rotatable bonds is 5. The lowest BCUT2D eigenvalue weighted by Gasteiger charge is -2.28. The first-order valence-corrected chi connectivity index (χ1v) is 7.76. The Morgan fingerprint density at radius 1 is 1.50 bits per heavy atom. The lowest BCUT2D eigenvalue weighted by atomic mass is 9.83. The molecule has 0 bridgehead atoms. The molecular formula is C16H23ClN2O. The second-order valence-electron chi connectivity index (χ2n) is 5.55. The fourth-order valence-corrected chi connectivity index (χ4v) is 3.05. The topological polar surface area (TPSA) is 41.1 Å². The molecule has 20 heavy (non-hydrogen) atoms. The standard InChI is InChI=1S/C16H23ClN2O/c1-3-14(12-6-5-7-13(17)10-12)19-15(20)16(4-2)8-9-18-11-16/h5-7,10,14,18H,3-4,8-9,11H2,1-2H3,(H,19,20). The summed E-state index contributed by atoms with van der Waals surface area (Å²) in [6.07, 6.45) is 2.65. The van der Waals surface area contributed by atoms with Gasteiger partial charge in [-0.05, 0) is 43.5 Å². The third-order valence-corrected chi connectivity index (χ3v) is 4.60. The van der Waals surface area contributed by atoms with Crippen LogP contribution in [0.3, 0.4) is 0 Å². The number of hydrogen-bond donors (Lipinski definition) is 2. The third kappa shape index (κ3) is 3.15. The molecule has 1 aliphatic rings. The number of amides is 1. The molecule has 1 aliphatic heterocycles. The van der Waals surface area contributed by atoms with E-state index in [1.807, 2.05) is 24.3 Å². The molecule has 2 atom stereocenters. The van der Waals surface area contributed by atoms with Crippen molar-refractivity contribution in [2.75, 3.05) is 13.1 Å². The van der Waals surface area contributed by atoms with E-state index >= 15 is 0 Å². The molecule has 1 aromatic rings. The largest absolute Gasteiger partial charge is 0.349 e. The smallest absolute Gasteiger partial charge is 0.228 e. The van der Waals surface area contributed by atoms with Crippen LogP contribution in [0.4, 0.5) is 0 Å². The molecule has 2 N–H and O–H groups in total. The Morgan fingerprint density at radius 2 is 2.30 bits per heavy atom. The average molecular weight is 295 g/mol. The minimum Gasteiger partial charge on any atom is -0.349 e. The molecule has 2 unspecified atom stereocenters. The van der Waals surface area contributed by atoms with E-state index in [0.29, 0.717) is 5.02 Å². The highest BCUT2D eigenvalue weighted by Gasteiger charge is 2.40. The predicted molar refractivity (Wildman–Crippen MR) is 82.8 cm³/mol. The van der Waals surface area contributed by atoms with Crippen molar-refractivity contribution in [1.29, 1.82) is 0 Å². The van der Waals surface area contributed by atoms with E-state index in [1.54, 1.807) is 0 Å². The predicted octanol–water partition coefficient (Wildman–Crippen LogP) is 3.30. The van der Waals surface area contributed by atoms with Crippen molar-refractivity contribution in [3.05, 3.63) is 34.9 Å². The van der Waals surface area contributed by atoms with Crippen molar-refractivity contribution in [2.24, 2.45) is 5.41 Å². The Kier molecular flexibility index (Phi) is 5.06. The summed E-state index contributed by atoms with van der Waals surface area (Å²) in [5.41, 5.74) is 0.831. The molecule has 2 rings (SSSR count). The second kappa shape index (κ2) is 6.59. The van der Waals surface area contributed by atoms with E-state index in [1.165, 1.54) is 0 Å². The lowest BCUT2D eigenvalue weighted by molar-refractivity contribution is -0.131. The van der Waals surface area contributed by atoms with E-state index < -0.39 is 0 Å². The summed E-state index contributed by atoms with van der Waals surface area (Å²) in [7, 11) is 0. The Morgan fingerprint density at radius 3 is 2.85 bits per heavy atom. The number of hydrogen-bond acceptors (Lipinski definition) is 2. The van der Waals surface area contributed by atoms with Crippen LogP contribution in [0.15, 0.2) is 24.3 Å². The second-order valence-corrected chi connectivity index (χ2v) is 5.99. The summed E-state index contributed by atoms with van der Waals surface area (Å²) in [5.74, 6) is 0.164. The first kappa shape index (κ1) is 15.3. The molecule has 1 heterocycles. The van der Waals surface area contributed by atoms with Gasteiger partial charge >= 0.3 is 0 Å². The molecule has 110 valence electrons. The Labute approximate surface area is 126 Å². The van der Waals surface area contributed by atoms with Gasteiger partial charge in [0, 0.05) is 11.6 Å². The number of carbonyl (C=O) groups excluding carboxylic acids is 1. The maximum absolute atomic E-state index is 12.6. The summed E-state index contributed by atoms with van der Waals surface area (Å²) in [6.45, 7) is 5.88. The van der Waals surface area contributed by atoms with Crippen LogP contribution >= 0.6 is 11.6 Å². The number of halogens is 1. The van der Waals surface area contributed by atoms with Gasteiger partial charge in [0.2, 0.25) is 5.91 Å². The maximum Gasteiger partial charge on any atom is 0.228 e. The zero-order chi connectivity index (χ0) is 14.6. The van der Waals surface area contributed by atoms with Crippen LogP contribution < -0.4 is 10.6 Å². The molecule has 0 spiro atoms. The first-order chi connectivity index (χ1) is 9.61. The van der Waals surface area contributed by atoms with Gasteiger partial charge in [0.1, 0.15) is 0 Å². The fourth-order valence-electron chi connectivity index (χ4n) is 2.86. The van der Waals surface area contributed by atoms with E-state index in [0.717, 1.165) is 37.9 Å². The SMILES string of the molecule is CCC(NC(=O)C1(CC)CCNC1)c1cccc(Cl)c1. The van der Waals surface area contributed by atoms with Crippen LogP contribution in [0.25, 0.3) is 0 Å². The van der Waals surface area contributed by atoms with Crippen molar-refractivity contribution >= 4 is 17.5 Å². The lowest BCUT2D eigenvalue weighted by Crippen LogP contribution is -2.43. The summed E-state index contributed by atoms with van der Waals surface area (Å²) < 4.78 is 0. The highest BCUT2D eigenvalue weighted by molar-refractivity contribution is 6.30.